The summed E-state index contributed by atoms with van der Waals surface area (Å²) in [5.74, 6) is -0.911. The van der Waals surface area contributed by atoms with Gasteiger partial charge < -0.3 is 10.6 Å². The zero-order chi connectivity index (χ0) is 14.3. The molecule has 0 unspecified atom stereocenters. The molecular formula is C12H23N3O3S. The predicted octanol–water partition coefficient (Wildman–Crippen LogP) is -0.306. The summed E-state index contributed by atoms with van der Waals surface area (Å²) in [7, 11) is -3.49. The van der Waals surface area contributed by atoms with Crippen molar-refractivity contribution >= 4 is 15.9 Å². The van der Waals surface area contributed by atoms with Crippen LogP contribution in [0.4, 0.5) is 0 Å². The predicted molar refractivity (Wildman–Crippen MR) is 75.3 cm³/mol. The van der Waals surface area contributed by atoms with Crippen molar-refractivity contribution in [3.63, 3.8) is 0 Å². The van der Waals surface area contributed by atoms with Crippen LogP contribution in [0.3, 0.4) is 0 Å². The fraction of sp³-hybridized carbons (Fsp3) is 0.750. The van der Waals surface area contributed by atoms with E-state index in [9.17, 15) is 13.2 Å². The molecule has 1 aliphatic rings. The van der Waals surface area contributed by atoms with Gasteiger partial charge in [0.2, 0.25) is 15.9 Å². The second-order valence-corrected chi connectivity index (χ2v) is 6.40. The molecule has 1 amide bonds. The molecule has 1 aliphatic heterocycles. The van der Waals surface area contributed by atoms with Gasteiger partial charge in [-0.25, -0.2) is 12.7 Å². The van der Waals surface area contributed by atoms with E-state index in [0.717, 1.165) is 25.1 Å². The summed E-state index contributed by atoms with van der Waals surface area (Å²) < 4.78 is 25.1. The van der Waals surface area contributed by atoms with Crippen LogP contribution in [0.2, 0.25) is 0 Å². The molecular weight excluding hydrogens is 266 g/mol. The Balaban J connectivity index is 2.44. The van der Waals surface area contributed by atoms with Gasteiger partial charge in [0, 0.05) is 26.2 Å². The Morgan fingerprint density at radius 2 is 2.11 bits per heavy atom. The van der Waals surface area contributed by atoms with Crippen molar-refractivity contribution < 1.29 is 13.2 Å². The van der Waals surface area contributed by atoms with Crippen LogP contribution in [0.5, 0.6) is 0 Å². The number of nitrogens with zero attached hydrogens (tertiary/aromatic N) is 1. The fourth-order valence-corrected chi connectivity index (χ4v) is 3.37. The average molecular weight is 289 g/mol. The largest absolute Gasteiger partial charge is 0.351 e. The van der Waals surface area contributed by atoms with E-state index in [2.05, 4.69) is 10.6 Å². The van der Waals surface area contributed by atoms with Crippen LogP contribution >= 0.6 is 0 Å². The van der Waals surface area contributed by atoms with E-state index in [4.69, 9.17) is 0 Å². The lowest BCUT2D eigenvalue weighted by molar-refractivity contribution is -0.118. The molecule has 7 heteroatoms. The van der Waals surface area contributed by atoms with Crippen LogP contribution in [0.1, 0.15) is 20.3 Å². The third-order valence-electron chi connectivity index (χ3n) is 3.08. The fourth-order valence-electron chi connectivity index (χ4n) is 1.97. The first-order valence-corrected chi connectivity index (χ1v) is 8.23. The van der Waals surface area contributed by atoms with E-state index in [1.165, 1.54) is 4.31 Å². The maximum Gasteiger partial charge on any atom is 0.236 e. The summed E-state index contributed by atoms with van der Waals surface area (Å²) in [5.41, 5.74) is 1.15. The van der Waals surface area contributed by atoms with Gasteiger partial charge in [-0.15, -0.1) is 0 Å². The molecule has 0 aromatic heterocycles. The van der Waals surface area contributed by atoms with Crippen LogP contribution in [-0.2, 0) is 14.8 Å². The van der Waals surface area contributed by atoms with Crippen LogP contribution in [0.25, 0.3) is 0 Å². The monoisotopic (exact) mass is 289 g/mol. The molecule has 19 heavy (non-hydrogen) atoms. The van der Waals surface area contributed by atoms with E-state index in [-0.39, 0.29) is 0 Å². The molecule has 0 atom stereocenters. The van der Waals surface area contributed by atoms with Gasteiger partial charge in [-0.2, -0.15) is 0 Å². The summed E-state index contributed by atoms with van der Waals surface area (Å²) in [4.78, 5) is 11.7. The summed E-state index contributed by atoms with van der Waals surface area (Å²) in [5, 5.41) is 5.85. The number of carbonyl (C=O) groups is 1. The molecule has 0 aliphatic carbocycles. The molecule has 0 saturated carbocycles. The van der Waals surface area contributed by atoms with E-state index in [0.29, 0.717) is 19.6 Å². The highest BCUT2D eigenvalue weighted by Gasteiger charge is 2.22. The molecule has 0 aromatic carbocycles. The second-order valence-electron chi connectivity index (χ2n) is 4.43. The number of rotatable bonds is 7. The number of hydrogen-bond acceptors (Lipinski definition) is 4. The lowest BCUT2D eigenvalue weighted by Gasteiger charge is -2.18. The van der Waals surface area contributed by atoms with Crippen molar-refractivity contribution in [2.45, 2.75) is 20.3 Å². The number of carbonyl (C=O) groups excluding carboxylic acids is 1. The summed E-state index contributed by atoms with van der Waals surface area (Å²) in [6.45, 7) is 6.46. The molecule has 0 radical (unpaired) electrons. The zero-order valence-electron chi connectivity index (χ0n) is 11.6. The third kappa shape index (κ3) is 5.30. The minimum atomic E-state index is -3.49. The molecule has 0 fully saturated rings. The minimum Gasteiger partial charge on any atom is -0.351 e. The van der Waals surface area contributed by atoms with Crippen molar-refractivity contribution in [1.29, 1.82) is 0 Å². The molecule has 1 rings (SSSR count). The number of nitrogens with one attached hydrogen (secondary N) is 2. The van der Waals surface area contributed by atoms with E-state index in [1.807, 2.05) is 6.08 Å². The maximum absolute atomic E-state index is 11.9. The SMILES string of the molecule is CCN(CC)S(=O)(=O)CC(=O)NCC1=CCNCC1. The highest BCUT2D eigenvalue weighted by atomic mass is 32.2. The van der Waals surface area contributed by atoms with Gasteiger partial charge in [-0.3, -0.25) is 4.79 Å². The molecule has 0 aromatic rings. The number of sulfonamides is 1. The molecule has 0 spiro atoms. The summed E-state index contributed by atoms with van der Waals surface area (Å²) in [6, 6.07) is 0. The highest BCUT2D eigenvalue weighted by Crippen LogP contribution is 2.03. The van der Waals surface area contributed by atoms with Crippen LogP contribution < -0.4 is 10.6 Å². The van der Waals surface area contributed by atoms with Crippen LogP contribution in [-0.4, -0.2) is 57.1 Å². The number of amides is 1. The van der Waals surface area contributed by atoms with Crippen molar-refractivity contribution in [3.8, 4) is 0 Å². The molecule has 0 bridgehead atoms. The Kier molecular flexibility index (Phi) is 6.47. The molecule has 1 heterocycles. The molecule has 0 saturated heterocycles. The number of hydrogen-bond donors (Lipinski definition) is 2. The second kappa shape index (κ2) is 7.62. The van der Waals surface area contributed by atoms with Gasteiger partial charge in [-0.05, 0) is 13.0 Å². The van der Waals surface area contributed by atoms with E-state index < -0.39 is 21.7 Å². The topological polar surface area (TPSA) is 78.5 Å². The standard InChI is InChI=1S/C12H23N3O3S/c1-3-15(4-2)19(17,18)10-12(16)14-9-11-5-7-13-8-6-11/h5,13H,3-4,6-10H2,1-2H3,(H,14,16). The van der Waals surface area contributed by atoms with Crippen molar-refractivity contribution in [2.75, 3.05) is 38.5 Å². The molecule has 110 valence electrons. The van der Waals surface area contributed by atoms with Crippen LogP contribution in [0.15, 0.2) is 11.6 Å². The van der Waals surface area contributed by atoms with Crippen molar-refractivity contribution in [3.05, 3.63) is 11.6 Å². The Bertz CT molecular complexity index is 428. The maximum atomic E-state index is 11.9. The Morgan fingerprint density at radius 1 is 1.42 bits per heavy atom. The van der Waals surface area contributed by atoms with Gasteiger partial charge in [-0.1, -0.05) is 25.5 Å². The van der Waals surface area contributed by atoms with Gasteiger partial charge in [0.15, 0.2) is 0 Å². The molecule has 2 N–H and O–H groups in total. The lowest BCUT2D eigenvalue weighted by Crippen LogP contribution is -2.40. The quantitative estimate of drug-likeness (QED) is 0.630. The van der Waals surface area contributed by atoms with Gasteiger partial charge >= 0.3 is 0 Å². The van der Waals surface area contributed by atoms with Crippen molar-refractivity contribution in [2.24, 2.45) is 0 Å². The van der Waals surface area contributed by atoms with E-state index >= 15 is 0 Å². The van der Waals surface area contributed by atoms with Gasteiger partial charge in [0.1, 0.15) is 5.75 Å². The van der Waals surface area contributed by atoms with Crippen molar-refractivity contribution in [1.82, 2.24) is 14.9 Å². The lowest BCUT2D eigenvalue weighted by atomic mass is 10.1. The van der Waals surface area contributed by atoms with Gasteiger partial charge in [0.05, 0.1) is 0 Å². The first kappa shape index (κ1) is 16.1. The first-order chi connectivity index (χ1) is 8.99. The normalized spacial score (nSPS) is 16.3. The Labute approximate surface area is 115 Å². The first-order valence-electron chi connectivity index (χ1n) is 6.62. The zero-order valence-corrected chi connectivity index (χ0v) is 12.4. The Hall–Kier alpha value is -0.920. The highest BCUT2D eigenvalue weighted by molar-refractivity contribution is 7.89. The summed E-state index contributed by atoms with van der Waals surface area (Å²) in [6.07, 6.45) is 2.92. The van der Waals surface area contributed by atoms with Crippen LogP contribution in [0, 0.1) is 0 Å². The van der Waals surface area contributed by atoms with Gasteiger partial charge in [0.25, 0.3) is 0 Å². The third-order valence-corrected chi connectivity index (χ3v) is 5.01. The smallest absolute Gasteiger partial charge is 0.236 e. The average Bonchev–Trinajstić information content (AvgIpc) is 2.38. The summed E-state index contributed by atoms with van der Waals surface area (Å²) >= 11 is 0. The molecule has 6 nitrogen and oxygen atoms in total. The minimum absolute atomic E-state index is 0.392. The Morgan fingerprint density at radius 3 is 2.63 bits per heavy atom. The van der Waals surface area contributed by atoms with E-state index in [1.54, 1.807) is 13.8 Å².